The zero-order chi connectivity index (χ0) is 21.3. The Morgan fingerprint density at radius 2 is 1.53 bits per heavy atom. The van der Waals surface area contributed by atoms with E-state index in [1.807, 2.05) is 57.2 Å². The number of nitrogens with zero attached hydrogens (tertiary/aromatic N) is 2. The summed E-state index contributed by atoms with van der Waals surface area (Å²) in [4.78, 5) is 27.7. The molecule has 0 unspecified atom stereocenters. The van der Waals surface area contributed by atoms with Crippen LogP contribution in [0.5, 0.6) is 0 Å². The van der Waals surface area contributed by atoms with Crippen molar-refractivity contribution in [3.05, 3.63) is 48.5 Å². The van der Waals surface area contributed by atoms with E-state index in [0.29, 0.717) is 6.54 Å². The predicted molar refractivity (Wildman–Crippen MR) is 117 cm³/mol. The van der Waals surface area contributed by atoms with E-state index in [1.165, 1.54) is 4.90 Å². The molecule has 156 valence electrons. The van der Waals surface area contributed by atoms with Crippen LogP contribution < -0.4 is 0 Å². The van der Waals surface area contributed by atoms with Crippen LogP contribution in [0.2, 0.25) is 0 Å². The lowest BCUT2D eigenvalue weighted by Crippen LogP contribution is -2.60. The average molecular weight is 405 g/mol. The van der Waals surface area contributed by atoms with Gasteiger partial charge in [0.05, 0.1) is 24.6 Å². The number of carbonyl (C=O) groups is 2. The maximum Gasteiger partial charge on any atom is 0.235 e. The van der Waals surface area contributed by atoms with Crippen molar-refractivity contribution >= 4 is 33.6 Å². The summed E-state index contributed by atoms with van der Waals surface area (Å²) < 4.78 is 2.09. The Hall–Kier alpha value is -2.66. The van der Waals surface area contributed by atoms with Gasteiger partial charge in [0.25, 0.3) is 0 Å². The molecule has 30 heavy (non-hydrogen) atoms. The number of fused-ring (bicyclic) bond motifs is 5. The molecule has 2 fully saturated rings. The van der Waals surface area contributed by atoms with Gasteiger partial charge in [-0.2, -0.15) is 0 Å². The SMILES string of the molecule is CC1(C)[C@H]2CC[C@]1(C)C(=O)N(C[C@H](O)Cn1c3ccccc3c3ccccc31)C2=O. The first kappa shape index (κ1) is 19.3. The lowest BCUT2D eigenvalue weighted by Gasteiger charge is -2.48. The Balaban J connectivity index is 1.45. The number of carbonyl (C=O) groups excluding carboxylic acids is 2. The second kappa shape index (κ2) is 6.42. The number of hydrogen-bond donors (Lipinski definition) is 1. The molecule has 0 radical (unpaired) electrons. The molecular weight excluding hydrogens is 376 g/mol. The van der Waals surface area contributed by atoms with Crippen LogP contribution in [-0.4, -0.2) is 39.0 Å². The highest BCUT2D eigenvalue weighted by atomic mass is 16.3. The number of aromatic nitrogens is 1. The normalized spacial score (nSPS) is 26.7. The van der Waals surface area contributed by atoms with E-state index in [4.69, 9.17) is 0 Å². The molecular formula is C25H28N2O3. The van der Waals surface area contributed by atoms with Crippen LogP contribution in [0.1, 0.15) is 33.6 Å². The van der Waals surface area contributed by atoms with Gasteiger partial charge in [0, 0.05) is 27.7 Å². The lowest BCUT2D eigenvalue weighted by atomic mass is 9.62. The molecule has 3 aromatic rings. The molecule has 2 heterocycles. The third-order valence-corrected chi connectivity index (χ3v) is 7.97. The van der Waals surface area contributed by atoms with Gasteiger partial charge in [0.2, 0.25) is 11.8 Å². The number of aliphatic hydroxyl groups excluding tert-OH is 1. The van der Waals surface area contributed by atoms with Crippen molar-refractivity contribution in [2.75, 3.05) is 6.54 Å². The van der Waals surface area contributed by atoms with Gasteiger partial charge in [-0.3, -0.25) is 14.5 Å². The summed E-state index contributed by atoms with van der Waals surface area (Å²) in [5.74, 6) is -0.408. The molecule has 3 atom stereocenters. The molecule has 2 aliphatic rings. The lowest BCUT2D eigenvalue weighted by molar-refractivity contribution is -0.169. The second-order valence-corrected chi connectivity index (χ2v) is 9.70. The molecule has 1 saturated heterocycles. The van der Waals surface area contributed by atoms with Crippen LogP contribution in [0.25, 0.3) is 21.8 Å². The van der Waals surface area contributed by atoms with Crippen LogP contribution in [-0.2, 0) is 16.1 Å². The quantitative estimate of drug-likeness (QED) is 0.670. The Labute approximate surface area is 176 Å². The van der Waals surface area contributed by atoms with E-state index in [1.54, 1.807) is 0 Å². The fourth-order valence-corrected chi connectivity index (χ4v) is 5.75. The summed E-state index contributed by atoms with van der Waals surface area (Å²) in [6.45, 7) is 6.42. The van der Waals surface area contributed by atoms with Gasteiger partial charge in [-0.1, -0.05) is 57.2 Å². The molecule has 5 nitrogen and oxygen atoms in total. The maximum atomic E-state index is 13.3. The standard InChI is InChI=1S/C25H28N2O3/c1-24(2)19-12-13-25(24,3)23(30)27(22(19)29)15-16(28)14-26-20-10-6-4-8-17(20)18-9-5-7-11-21(18)26/h4-11,16,19,28H,12-15H2,1-3H3/t16-,19+,25-/m1/s1. The van der Waals surface area contributed by atoms with Gasteiger partial charge in [-0.05, 0) is 30.4 Å². The van der Waals surface area contributed by atoms with Crippen LogP contribution in [0.3, 0.4) is 0 Å². The van der Waals surface area contributed by atoms with Crippen molar-refractivity contribution < 1.29 is 14.7 Å². The molecule has 1 saturated carbocycles. The summed E-state index contributed by atoms with van der Waals surface area (Å²) in [6, 6.07) is 16.3. The molecule has 2 aromatic carbocycles. The summed E-state index contributed by atoms with van der Waals surface area (Å²) in [5, 5.41) is 13.2. The van der Waals surface area contributed by atoms with Crippen LogP contribution >= 0.6 is 0 Å². The van der Waals surface area contributed by atoms with Gasteiger partial charge in [-0.25, -0.2) is 0 Å². The summed E-state index contributed by atoms with van der Waals surface area (Å²) in [6.07, 6.45) is 0.642. The van der Waals surface area contributed by atoms with E-state index >= 15 is 0 Å². The Kier molecular flexibility index (Phi) is 4.13. The molecule has 1 aliphatic heterocycles. The number of rotatable bonds is 4. The monoisotopic (exact) mass is 404 g/mol. The van der Waals surface area contributed by atoms with Crippen molar-refractivity contribution in [3.63, 3.8) is 0 Å². The maximum absolute atomic E-state index is 13.3. The Morgan fingerprint density at radius 1 is 0.967 bits per heavy atom. The number of aliphatic hydroxyl groups is 1. The smallest absolute Gasteiger partial charge is 0.235 e. The summed E-state index contributed by atoms with van der Waals surface area (Å²) >= 11 is 0. The van der Waals surface area contributed by atoms with Crippen LogP contribution in [0, 0.1) is 16.7 Å². The van der Waals surface area contributed by atoms with E-state index < -0.39 is 11.5 Å². The third-order valence-electron chi connectivity index (χ3n) is 7.97. The van der Waals surface area contributed by atoms with E-state index in [0.717, 1.165) is 34.6 Å². The number of para-hydroxylation sites is 2. The zero-order valence-corrected chi connectivity index (χ0v) is 17.8. The first-order chi connectivity index (χ1) is 14.3. The van der Waals surface area contributed by atoms with E-state index in [9.17, 15) is 14.7 Å². The molecule has 5 rings (SSSR count). The second-order valence-electron chi connectivity index (χ2n) is 9.70. The number of amides is 2. The highest BCUT2D eigenvalue weighted by Gasteiger charge is 2.64. The molecule has 2 bridgehead atoms. The van der Waals surface area contributed by atoms with E-state index in [-0.39, 0.29) is 29.7 Å². The minimum Gasteiger partial charge on any atom is -0.389 e. The van der Waals surface area contributed by atoms with Gasteiger partial charge in [0.15, 0.2) is 0 Å². The van der Waals surface area contributed by atoms with Crippen molar-refractivity contribution in [3.8, 4) is 0 Å². The van der Waals surface area contributed by atoms with Gasteiger partial charge >= 0.3 is 0 Å². The van der Waals surface area contributed by atoms with E-state index in [2.05, 4.69) is 16.7 Å². The Bertz CT molecular complexity index is 1120. The number of hydrogen-bond acceptors (Lipinski definition) is 3. The van der Waals surface area contributed by atoms with Crippen LogP contribution in [0.15, 0.2) is 48.5 Å². The molecule has 1 aromatic heterocycles. The molecule has 0 spiro atoms. The van der Waals surface area contributed by atoms with Gasteiger partial charge < -0.3 is 9.67 Å². The van der Waals surface area contributed by atoms with Gasteiger partial charge in [0.1, 0.15) is 0 Å². The molecule has 5 heteroatoms. The first-order valence-corrected chi connectivity index (χ1v) is 10.8. The summed E-state index contributed by atoms with van der Waals surface area (Å²) in [5.41, 5.74) is 1.21. The number of imide groups is 1. The van der Waals surface area contributed by atoms with Crippen molar-refractivity contribution in [2.24, 2.45) is 16.7 Å². The van der Waals surface area contributed by atoms with Gasteiger partial charge in [-0.15, -0.1) is 0 Å². The number of β-amino-alcohol motifs (C(OH)–C–C–N with tert-alkyl or cyclic N) is 1. The number of benzene rings is 2. The van der Waals surface area contributed by atoms with Crippen molar-refractivity contribution in [1.82, 2.24) is 9.47 Å². The minimum atomic E-state index is -0.832. The third kappa shape index (κ3) is 2.45. The summed E-state index contributed by atoms with van der Waals surface area (Å²) in [7, 11) is 0. The first-order valence-electron chi connectivity index (χ1n) is 10.8. The molecule has 1 N–H and O–H groups in total. The van der Waals surface area contributed by atoms with Crippen molar-refractivity contribution in [1.29, 1.82) is 0 Å². The highest BCUT2D eigenvalue weighted by molar-refractivity contribution is 6.08. The minimum absolute atomic E-state index is 0.0423. The largest absolute Gasteiger partial charge is 0.389 e. The molecule has 2 amide bonds. The molecule has 1 aliphatic carbocycles. The average Bonchev–Trinajstić information content (AvgIpc) is 3.14. The zero-order valence-electron chi connectivity index (χ0n) is 17.8. The fourth-order valence-electron chi connectivity index (χ4n) is 5.75. The van der Waals surface area contributed by atoms with Crippen LogP contribution in [0.4, 0.5) is 0 Å². The number of piperidine rings is 1. The highest BCUT2D eigenvalue weighted by Crippen LogP contribution is 2.60. The topological polar surface area (TPSA) is 62.5 Å². The number of likely N-dealkylation sites (tertiary alicyclic amines) is 1. The Morgan fingerprint density at radius 3 is 2.13 bits per heavy atom. The predicted octanol–water partition coefficient (Wildman–Crippen LogP) is 3.97. The fraction of sp³-hybridized carbons (Fsp3) is 0.440. The van der Waals surface area contributed by atoms with Crippen molar-refractivity contribution in [2.45, 2.75) is 46.3 Å².